The standard InChI is InChI=1S/C11H14N2O3/c1-7(2)16-9-3-8(5-13-6-9)4-10(12)11(14)15/h3-7H,12H2,1-2H3,(H,14,15)/b10-4+. The highest BCUT2D eigenvalue weighted by atomic mass is 16.5. The summed E-state index contributed by atoms with van der Waals surface area (Å²) in [6.45, 7) is 3.79. The lowest BCUT2D eigenvalue weighted by Gasteiger charge is -2.09. The van der Waals surface area contributed by atoms with Crippen LogP contribution in [0.3, 0.4) is 0 Å². The molecule has 3 N–H and O–H groups in total. The van der Waals surface area contributed by atoms with Crippen LogP contribution in [0.5, 0.6) is 5.75 Å². The number of carboxylic acids is 1. The maximum atomic E-state index is 10.5. The second-order valence-corrected chi connectivity index (χ2v) is 3.53. The van der Waals surface area contributed by atoms with Gasteiger partial charge in [-0.2, -0.15) is 0 Å². The first-order valence-electron chi connectivity index (χ1n) is 4.81. The van der Waals surface area contributed by atoms with Gasteiger partial charge in [-0.15, -0.1) is 0 Å². The molecule has 0 aliphatic heterocycles. The number of aliphatic carboxylic acids is 1. The van der Waals surface area contributed by atoms with E-state index in [0.717, 1.165) is 0 Å². The molecule has 0 aliphatic carbocycles. The van der Waals surface area contributed by atoms with Crippen LogP contribution in [0, 0.1) is 0 Å². The normalized spacial score (nSPS) is 11.6. The van der Waals surface area contributed by atoms with Gasteiger partial charge in [-0.3, -0.25) is 4.98 Å². The first-order valence-corrected chi connectivity index (χ1v) is 4.81. The largest absolute Gasteiger partial charge is 0.489 e. The van der Waals surface area contributed by atoms with Crippen LogP contribution in [0.1, 0.15) is 19.4 Å². The third-order valence-electron chi connectivity index (χ3n) is 1.68. The minimum absolute atomic E-state index is 0.0397. The zero-order chi connectivity index (χ0) is 12.1. The summed E-state index contributed by atoms with van der Waals surface area (Å²) in [6.07, 6.45) is 4.46. The Morgan fingerprint density at radius 1 is 1.56 bits per heavy atom. The van der Waals surface area contributed by atoms with Gasteiger partial charge in [0.05, 0.1) is 12.3 Å². The summed E-state index contributed by atoms with van der Waals surface area (Å²) in [4.78, 5) is 14.5. The molecule has 0 radical (unpaired) electrons. The Morgan fingerprint density at radius 3 is 2.81 bits per heavy atom. The maximum absolute atomic E-state index is 10.5. The highest BCUT2D eigenvalue weighted by Crippen LogP contribution is 2.14. The molecule has 0 spiro atoms. The molecule has 0 atom stereocenters. The van der Waals surface area contributed by atoms with Gasteiger partial charge in [-0.1, -0.05) is 0 Å². The van der Waals surface area contributed by atoms with E-state index in [1.807, 2.05) is 13.8 Å². The second kappa shape index (κ2) is 5.16. The van der Waals surface area contributed by atoms with Gasteiger partial charge in [0.1, 0.15) is 11.4 Å². The average Bonchev–Trinajstić information content (AvgIpc) is 2.16. The van der Waals surface area contributed by atoms with E-state index in [2.05, 4.69) is 4.98 Å². The molecule has 1 aromatic rings. The van der Waals surface area contributed by atoms with Gasteiger partial charge in [0, 0.05) is 6.20 Å². The number of hydrogen-bond acceptors (Lipinski definition) is 4. The fourth-order valence-corrected chi connectivity index (χ4v) is 1.09. The minimum Gasteiger partial charge on any atom is -0.489 e. The van der Waals surface area contributed by atoms with E-state index in [1.165, 1.54) is 12.3 Å². The van der Waals surface area contributed by atoms with E-state index >= 15 is 0 Å². The predicted molar refractivity (Wildman–Crippen MR) is 59.8 cm³/mol. The molecule has 16 heavy (non-hydrogen) atoms. The SMILES string of the molecule is CC(C)Oc1cncc(/C=C(/N)C(=O)O)c1. The molecule has 5 heteroatoms. The Hall–Kier alpha value is -2.04. The van der Waals surface area contributed by atoms with Crippen molar-refractivity contribution in [3.05, 3.63) is 29.7 Å². The number of nitrogens with zero attached hydrogens (tertiary/aromatic N) is 1. The third kappa shape index (κ3) is 3.61. The first-order chi connectivity index (χ1) is 7.49. The summed E-state index contributed by atoms with van der Waals surface area (Å²) in [5.74, 6) is -0.572. The molecule has 86 valence electrons. The Morgan fingerprint density at radius 2 is 2.25 bits per heavy atom. The lowest BCUT2D eigenvalue weighted by atomic mass is 10.2. The van der Waals surface area contributed by atoms with E-state index in [-0.39, 0.29) is 11.8 Å². The van der Waals surface area contributed by atoms with Crippen LogP contribution < -0.4 is 10.5 Å². The van der Waals surface area contributed by atoms with E-state index in [1.54, 1.807) is 12.3 Å². The smallest absolute Gasteiger partial charge is 0.351 e. The van der Waals surface area contributed by atoms with Gasteiger partial charge in [0.25, 0.3) is 0 Å². The van der Waals surface area contributed by atoms with Gasteiger partial charge < -0.3 is 15.6 Å². The van der Waals surface area contributed by atoms with Crippen LogP contribution in [0.2, 0.25) is 0 Å². The number of rotatable bonds is 4. The molecular formula is C11H14N2O3. The van der Waals surface area contributed by atoms with Crippen molar-refractivity contribution in [3.8, 4) is 5.75 Å². The summed E-state index contributed by atoms with van der Waals surface area (Å²) < 4.78 is 5.42. The van der Waals surface area contributed by atoms with Crippen LogP contribution in [-0.2, 0) is 4.79 Å². The van der Waals surface area contributed by atoms with Crippen molar-refractivity contribution in [2.75, 3.05) is 0 Å². The van der Waals surface area contributed by atoms with Gasteiger partial charge in [0.15, 0.2) is 0 Å². The molecular weight excluding hydrogens is 208 g/mol. The highest BCUT2D eigenvalue weighted by molar-refractivity contribution is 5.90. The third-order valence-corrected chi connectivity index (χ3v) is 1.68. The number of aromatic nitrogens is 1. The lowest BCUT2D eigenvalue weighted by Crippen LogP contribution is -2.09. The van der Waals surface area contributed by atoms with Crippen molar-refractivity contribution in [2.24, 2.45) is 5.73 Å². The van der Waals surface area contributed by atoms with Crippen LogP contribution in [-0.4, -0.2) is 22.2 Å². The summed E-state index contributed by atoms with van der Waals surface area (Å²) in [7, 11) is 0. The van der Waals surface area contributed by atoms with Crippen molar-refractivity contribution in [1.82, 2.24) is 4.98 Å². The molecule has 0 bridgehead atoms. The maximum Gasteiger partial charge on any atom is 0.351 e. The zero-order valence-electron chi connectivity index (χ0n) is 9.18. The predicted octanol–water partition coefficient (Wildman–Crippen LogP) is 1.25. The van der Waals surface area contributed by atoms with Crippen LogP contribution in [0.25, 0.3) is 6.08 Å². The van der Waals surface area contributed by atoms with Crippen molar-refractivity contribution >= 4 is 12.0 Å². The Bertz CT molecular complexity index is 413. The number of hydrogen-bond donors (Lipinski definition) is 2. The lowest BCUT2D eigenvalue weighted by molar-refractivity contribution is -0.132. The van der Waals surface area contributed by atoms with Crippen LogP contribution >= 0.6 is 0 Å². The monoisotopic (exact) mass is 222 g/mol. The summed E-state index contributed by atoms with van der Waals surface area (Å²) in [6, 6.07) is 1.68. The molecule has 0 saturated carbocycles. The van der Waals surface area contributed by atoms with Gasteiger partial charge >= 0.3 is 5.97 Å². The second-order valence-electron chi connectivity index (χ2n) is 3.53. The van der Waals surface area contributed by atoms with E-state index < -0.39 is 5.97 Å². The van der Waals surface area contributed by atoms with Crippen molar-refractivity contribution in [3.63, 3.8) is 0 Å². The van der Waals surface area contributed by atoms with Gasteiger partial charge in [-0.05, 0) is 31.6 Å². The summed E-state index contributed by atoms with van der Waals surface area (Å²) in [5, 5.41) is 8.61. The quantitative estimate of drug-likeness (QED) is 0.749. The highest BCUT2D eigenvalue weighted by Gasteiger charge is 2.03. The van der Waals surface area contributed by atoms with Crippen molar-refractivity contribution in [1.29, 1.82) is 0 Å². The molecule has 0 saturated heterocycles. The first kappa shape index (κ1) is 12.0. The molecule has 0 unspecified atom stereocenters. The van der Waals surface area contributed by atoms with Crippen LogP contribution in [0.15, 0.2) is 24.2 Å². The van der Waals surface area contributed by atoms with Gasteiger partial charge in [-0.25, -0.2) is 4.79 Å². The molecule has 0 aliphatic rings. The Balaban J connectivity index is 2.90. The van der Waals surface area contributed by atoms with Crippen molar-refractivity contribution < 1.29 is 14.6 Å². The Kier molecular flexibility index (Phi) is 3.88. The zero-order valence-corrected chi connectivity index (χ0v) is 9.18. The van der Waals surface area contributed by atoms with Gasteiger partial charge in [0.2, 0.25) is 0 Å². The molecule has 5 nitrogen and oxygen atoms in total. The number of ether oxygens (including phenoxy) is 1. The summed E-state index contributed by atoms with van der Waals surface area (Å²) in [5.41, 5.74) is 5.66. The van der Waals surface area contributed by atoms with E-state index in [4.69, 9.17) is 15.6 Å². The minimum atomic E-state index is -1.16. The molecule has 0 aromatic carbocycles. The van der Waals surface area contributed by atoms with E-state index in [9.17, 15) is 4.79 Å². The fraction of sp³-hybridized carbons (Fsp3) is 0.273. The molecule has 1 rings (SSSR count). The molecule has 0 fully saturated rings. The number of carboxylic acid groups (broad SMARTS) is 1. The molecule has 1 heterocycles. The number of nitrogens with two attached hydrogens (primary N) is 1. The Labute approximate surface area is 93.6 Å². The number of carbonyl (C=O) groups is 1. The van der Waals surface area contributed by atoms with Crippen LogP contribution in [0.4, 0.5) is 0 Å². The fourth-order valence-electron chi connectivity index (χ4n) is 1.09. The van der Waals surface area contributed by atoms with Crippen molar-refractivity contribution in [2.45, 2.75) is 20.0 Å². The van der Waals surface area contributed by atoms with E-state index in [0.29, 0.717) is 11.3 Å². The average molecular weight is 222 g/mol. The molecule has 1 aromatic heterocycles. The topological polar surface area (TPSA) is 85.4 Å². The summed E-state index contributed by atoms with van der Waals surface area (Å²) >= 11 is 0. The molecule has 0 amide bonds. The number of pyridine rings is 1.